The van der Waals surface area contributed by atoms with Gasteiger partial charge in [-0.3, -0.25) is 0 Å². The maximum atomic E-state index is 13.8. The van der Waals surface area contributed by atoms with E-state index in [2.05, 4.69) is 31.7 Å². The van der Waals surface area contributed by atoms with Crippen molar-refractivity contribution >= 4 is 22.5 Å². The second-order valence-electron chi connectivity index (χ2n) is 7.88. The molecule has 0 radical (unpaired) electrons. The van der Waals surface area contributed by atoms with E-state index in [0.29, 0.717) is 37.1 Å². The Morgan fingerprint density at radius 3 is 2.79 bits per heavy atom. The topological polar surface area (TPSA) is 84.1 Å². The molecule has 0 amide bonds. The molecular formula is C24H23F2N5O2. The number of aromatic nitrogens is 3. The molecule has 2 aromatic carbocycles. The fourth-order valence-electron chi connectivity index (χ4n) is 3.98. The van der Waals surface area contributed by atoms with Crippen molar-refractivity contribution in [2.75, 3.05) is 37.5 Å². The van der Waals surface area contributed by atoms with Gasteiger partial charge in [-0.05, 0) is 30.2 Å². The number of hydrogen-bond donors (Lipinski definition) is 3. The molecule has 0 fully saturated rings. The van der Waals surface area contributed by atoms with Crippen molar-refractivity contribution in [2.24, 2.45) is 0 Å². The number of nitrogens with one attached hydrogen (secondary N) is 3. The molecule has 170 valence electrons. The fraction of sp³-hybridized carbons (Fsp3) is 0.250. The average Bonchev–Trinajstić information content (AvgIpc) is 3.21. The normalized spacial score (nSPS) is 15.1. The summed E-state index contributed by atoms with van der Waals surface area (Å²) >= 11 is 0. The SMILES string of the molecule is COC[C@@H]1COc2c(NCCc3c[nH]c4ccccc34)nc(-c3cc(F)cc(F)c3)nc2N1. The third-order valence-corrected chi connectivity index (χ3v) is 5.49. The Kier molecular flexibility index (Phi) is 5.78. The summed E-state index contributed by atoms with van der Waals surface area (Å²) in [6, 6.07) is 11.2. The summed E-state index contributed by atoms with van der Waals surface area (Å²) < 4.78 is 38.8. The minimum atomic E-state index is -0.693. The molecule has 3 heterocycles. The molecule has 7 nitrogen and oxygen atoms in total. The number of fused-ring (bicyclic) bond motifs is 2. The number of H-pyrrole nitrogens is 1. The highest BCUT2D eigenvalue weighted by Gasteiger charge is 2.25. The predicted octanol–water partition coefficient (Wildman–Crippen LogP) is 4.38. The number of nitrogens with zero attached hydrogens (tertiary/aromatic N) is 2. The van der Waals surface area contributed by atoms with Crippen molar-refractivity contribution in [2.45, 2.75) is 12.5 Å². The highest BCUT2D eigenvalue weighted by molar-refractivity contribution is 5.83. The third kappa shape index (κ3) is 4.45. The molecule has 4 aromatic rings. The van der Waals surface area contributed by atoms with Gasteiger partial charge < -0.3 is 25.1 Å². The van der Waals surface area contributed by atoms with Gasteiger partial charge in [-0.1, -0.05) is 18.2 Å². The van der Waals surface area contributed by atoms with Crippen LogP contribution in [0.2, 0.25) is 0 Å². The van der Waals surface area contributed by atoms with Crippen LogP contribution in [0.1, 0.15) is 5.56 Å². The van der Waals surface area contributed by atoms with E-state index >= 15 is 0 Å². The lowest BCUT2D eigenvalue weighted by Gasteiger charge is -2.27. The lowest BCUT2D eigenvalue weighted by molar-refractivity contribution is 0.154. The third-order valence-electron chi connectivity index (χ3n) is 5.49. The minimum absolute atomic E-state index is 0.103. The maximum Gasteiger partial charge on any atom is 0.204 e. The van der Waals surface area contributed by atoms with Crippen LogP contribution in [0.3, 0.4) is 0 Å². The van der Waals surface area contributed by atoms with Gasteiger partial charge in [-0.2, -0.15) is 0 Å². The first-order valence-electron chi connectivity index (χ1n) is 10.7. The minimum Gasteiger partial charge on any atom is -0.484 e. The van der Waals surface area contributed by atoms with Crippen LogP contribution in [0.4, 0.5) is 20.4 Å². The highest BCUT2D eigenvalue weighted by Crippen LogP contribution is 2.36. The van der Waals surface area contributed by atoms with Crippen LogP contribution < -0.4 is 15.4 Å². The zero-order valence-electron chi connectivity index (χ0n) is 18.0. The van der Waals surface area contributed by atoms with Crippen LogP contribution in [0.5, 0.6) is 5.75 Å². The van der Waals surface area contributed by atoms with Gasteiger partial charge in [0.15, 0.2) is 17.5 Å². The van der Waals surface area contributed by atoms with Gasteiger partial charge in [-0.15, -0.1) is 0 Å². The maximum absolute atomic E-state index is 13.8. The summed E-state index contributed by atoms with van der Waals surface area (Å²) in [6.07, 6.45) is 2.74. The lowest BCUT2D eigenvalue weighted by Crippen LogP contribution is -2.36. The molecule has 9 heteroatoms. The molecule has 2 aromatic heterocycles. The van der Waals surface area contributed by atoms with Gasteiger partial charge in [0, 0.05) is 42.4 Å². The van der Waals surface area contributed by atoms with Gasteiger partial charge in [0.05, 0.1) is 12.6 Å². The number of anilines is 2. The Morgan fingerprint density at radius 2 is 1.97 bits per heavy atom. The van der Waals surface area contributed by atoms with Gasteiger partial charge >= 0.3 is 0 Å². The van der Waals surface area contributed by atoms with E-state index < -0.39 is 11.6 Å². The number of aromatic amines is 1. The smallest absolute Gasteiger partial charge is 0.204 e. The van der Waals surface area contributed by atoms with Gasteiger partial charge in [0.2, 0.25) is 5.75 Å². The van der Waals surface area contributed by atoms with E-state index in [1.807, 2.05) is 24.4 Å². The number of rotatable bonds is 7. The largest absolute Gasteiger partial charge is 0.484 e. The summed E-state index contributed by atoms with van der Waals surface area (Å²) in [5.41, 5.74) is 2.50. The van der Waals surface area contributed by atoms with Crippen LogP contribution in [0.15, 0.2) is 48.7 Å². The number of ether oxygens (including phenoxy) is 2. The monoisotopic (exact) mass is 451 g/mol. The molecular weight excluding hydrogens is 428 g/mol. The van der Waals surface area contributed by atoms with Crippen LogP contribution in [-0.2, 0) is 11.2 Å². The lowest BCUT2D eigenvalue weighted by atomic mass is 10.1. The summed E-state index contributed by atoms with van der Waals surface area (Å²) in [7, 11) is 1.61. The molecule has 0 bridgehead atoms. The first-order chi connectivity index (χ1) is 16.1. The van der Waals surface area contributed by atoms with Gasteiger partial charge in [0.25, 0.3) is 0 Å². The number of methoxy groups -OCH3 is 1. The Labute approximate surface area is 189 Å². The van der Waals surface area contributed by atoms with Crippen molar-refractivity contribution in [3.63, 3.8) is 0 Å². The number of hydrogen-bond acceptors (Lipinski definition) is 6. The number of para-hydroxylation sites is 1. The molecule has 0 spiro atoms. The van der Waals surface area contributed by atoms with E-state index in [1.54, 1.807) is 7.11 Å². The molecule has 0 aliphatic carbocycles. The van der Waals surface area contributed by atoms with Crippen molar-refractivity contribution < 1.29 is 18.3 Å². The quantitative estimate of drug-likeness (QED) is 0.387. The molecule has 33 heavy (non-hydrogen) atoms. The zero-order valence-corrected chi connectivity index (χ0v) is 18.0. The first kappa shape index (κ1) is 21.1. The summed E-state index contributed by atoms with van der Waals surface area (Å²) in [5.74, 6) is 0.191. The van der Waals surface area contributed by atoms with Crippen molar-refractivity contribution in [1.82, 2.24) is 15.0 Å². The summed E-state index contributed by atoms with van der Waals surface area (Å²) in [6.45, 7) is 1.39. The summed E-state index contributed by atoms with van der Waals surface area (Å²) in [4.78, 5) is 12.3. The van der Waals surface area contributed by atoms with Crippen LogP contribution >= 0.6 is 0 Å². The first-order valence-corrected chi connectivity index (χ1v) is 10.7. The molecule has 1 aliphatic heterocycles. The molecule has 1 atom stereocenters. The van der Waals surface area contributed by atoms with Crippen LogP contribution in [-0.4, -0.2) is 47.9 Å². The summed E-state index contributed by atoms with van der Waals surface area (Å²) in [5, 5.41) is 7.75. The number of benzene rings is 2. The Balaban J connectivity index is 1.44. The van der Waals surface area contributed by atoms with E-state index in [4.69, 9.17) is 9.47 Å². The van der Waals surface area contributed by atoms with E-state index in [9.17, 15) is 8.78 Å². The van der Waals surface area contributed by atoms with Crippen molar-refractivity contribution in [3.05, 3.63) is 65.9 Å². The van der Waals surface area contributed by atoms with E-state index in [1.165, 1.54) is 23.1 Å². The van der Waals surface area contributed by atoms with E-state index in [-0.39, 0.29) is 17.4 Å². The van der Waals surface area contributed by atoms with Crippen LogP contribution in [0.25, 0.3) is 22.3 Å². The highest BCUT2D eigenvalue weighted by atomic mass is 19.1. The van der Waals surface area contributed by atoms with Crippen LogP contribution in [0, 0.1) is 11.6 Å². The Bertz CT molecular complexity index is 1270. The Morgan fingerprint density at radius 1 is 1.15 bits per heavy atom. The van der Waals surface area contributed by atoms with Gasteiger partial charge in [-0.25, -0.2) is 18.7 Å². The second-order valence-corrected chi connectivity index (χ2v) is 7.88. The average molecular weight is 451 g/mol. The molecule has 0 saturated carbocycles. The van der Waals surface area contributed by atoms with Crippen molar-refractivity contribution in [1.29, 1.82) is 0 Å². The van der Waals surface area contributed by atoms with E-state index in [0.717, 1.165) is 18.0 Å². The van der Waals surface area contributed by atoms with Gasteiger partial charge in [0.1, 0.15) is 18.2 Å². The molecule has 3 N–H and O–H groups in total. The molecule has 0 unspecified atom stereocenters. The van der Waals surface area contributed by atoms with Crippen molar-refractivity contribution in [3.8, 4) is 17.1 Å². The standard InChI is InChI=1S/C24H23F2N5O2/c1-32-12-18-13-33-21-23(27-7-6-14-11-28-20-5-3-2-4-19(14)20)30-22(31-24(21)29-18)15-8-16(25)10-17(26)9-15/h2-5,8-11,18,28H,6-7,12-13H2,1H3,(H2,27,29,30,31)/t18-/m1/s1. The molecule has 0 saturated heterocycles. The zero-order chi connectivity index (χ0) is 22.8. The molecule has 5 rings (SSSR count). The predicted molar refractivity (Wildman–Crippen MR) is 123 cm³/mol. The second kappa shape index (κ2) is 9.03. The fourth-order valence-corrected chi connectivity index (χ4v) is 3.98. The molecule has 1 aliphatic rings. The number of halogens is 2. The Hall–Kier alpha value is -3.72.